The fourth-order valence-electron chi connectivity index (χ4n) is 2.98. The molecule has 0 spiro atoms. The van der Waals surface area contributed by atoms with Gasteiger partial charge in [0.1, 0.15) is 5.69 Å². The molecular weight excluding hydrogens is 342 g/mol. The van der Waals surface area contributed by atoms with Crippen LogP contribution in [0.3, 0.4) is 0 Å². The largest absolute Gasteiger partial charge is 0.461 e. The van der Waals surface area contributed by atoms with Gasteiger partial charge in [-0.05, 0) is 25.0 Å². The summed E-state index contributed by atoms with van der Waals surface area (Å²) in [6.45, 7) is 5.80. The van der Waals surface area contributed by atoms with E-state index in [0.29, 0.717) is 27.3 Å². The van der Waals surface area contributed by atoms with Crippen LogP contribution in [0.1, 0.15) is 42.7 Å². The van der Waals surface area contributed by atoms with E-state index >= 15 is 0 Å². The Balaban J connectivity index is 2.52. The molecule has 0 aliphatic heterocycles. The van der Waals surface area contributed by atoms with Crippen LogP contribution in [0.5, 0.6) is 0 Å². The minimum atomic E-state index is -0.511. The topological polar surface area (TPSA) is 77.0 Å². The summed E-state index contributed by atoms with van der Waals surface area (Å²) in [6, 6.07) is 7.10. The number of para-hydroxylation sites is 1. The van der Waals surface area contributed by atoms with Crippen molar-refractivity contribution in [2.75, 3.05) is 6.61 Å². The molecule has 0 unspecified atom stereocenters. The summed E-state index contributed by atoms with van der Waals surface area (Å²) >= 11 is 6.35. The van der Waals surface area contributed by atoms with Crippen molar-refractivity contribution in [1.82, 2.24) is 14.5 Å². The number of rotatable bonds is 4. The van der Waals surface area contributed by atoms with E-state index in [4.69, 9.17) is 16.3 Å². The monoisotopic (exact) mass is 359 g/mol. The molecule has 3 rings (SSSR count). The molecule has 0 aliphatic rings. The first-order valence-electron chi connectivity index (χ1n) is 8.01. The standard InChI is InChI=1S/C18H18ClN3O3/c1-4-25-18(24)15-13(10(2)3)14-16(20-9-21-17(14)23)22(15)12-8-6-5-7-11(12)19/h5-10H,4H2,1-3H3,(H,20,21,23). The molecule has 0 atom stereocenters. The van der Waals surface area contributed by atoms with Crippen LogP contribution in [0.15, 0.2) is 35.4 Å². The molecule has 130 valence electrons. The van der Waals surface area contributed by atoms with Crippen LogP contribution >= 0.6 is 11.6 Å². The van der Waals surface area contributed by atoms with E-state index < -0.39 is 5.97 Å². The minimum absolute atomic E-state index is 0.0871. The van der Waals surface area contributed by atoms with Crippen molar-refractivity contribution < 1.29 is 9.53 Å². The van der Waals surface area contributed by atoms with Gasteiger partial charge in [0.2, 0.25) is 0 Å². The fraction of sp³-hybridized carbons (Fsp3) is 0.278. The molecule has 2 aromatic heterocycles. The predicted octanol–water partition coefficient (Wildman–Crippen LogP) is 3.67. The van der Waals surface area contributed by atoms with Gasteiger partial charge in [0, 0.05) is 5.56 Å². The highest BCUT2D eigenvalue weighted by Gasteiger charge is 2.29. The maximum atomic E-state index is 12.7. The van der Waals surface area contributed by atoms with Crippen LogP contribution in [0, 0.1) is 0 Å². The second kappa shape index (κ2) is 6.72. The second-order valence-corrected chi connectivity index (χ2v) is 6.26. The fourth-order valence-corrected chi connectivity index (χ4v) is 3.20. The van der Waals surface area contributed by atoms with Crippen molar-refractivity contribution in [1.29, 1.82) is 0 Å². The number of aromatic amines is 1. The Bertz CT molecular complexity index is 1000. The van der Waals surface area contributed by atoms with Gasteiger partial charge in [0.25, 0.3) is 5.56 Å². The highest BCUT2D eigenvalue weighted by atomic mass is 35.5. The molecule has 0 bridgehead atoms. The smallest absolute Gasteiger partial charge is 0.355 e. The number of hydrogen-bond donors (Lipinski definition) is 1. The van der Waals surface area contributed by atoms with E-state index in [0.717, 1.165) is 0 Å². The van der Waals surface area contributed by atoms with E-state index in [-0.39, 0.29) is 23.8 Å². The molecule has 3 aromatic rings. The molecule has 2 heterocycles. The number of nitrogens with one attached hydrogen (secondary N) is 1. The van der Waals surface area contributed by atoms with Crippen LogP contribution in [-0.2, 0) is 4.74 Å². The minimum Gasteiger partial charge on any atom is -0.461 e. The number of ether oxygens (including phenoxy) is 1. The number of esters is 1. The average molecular weight is 360 g/mol. The highest BCUT2D eigenvalue weighted by molar-refractivity contribution is 6.32. The van der Waals surface area contributed by atoms with Gasteiger partial charge in [-0.2, -0.15) is 0 Å². The summed E-state index contributed by atoms with van der Waals surface area (Å²) in [5, 5.41) is 0.822. The Kier molecular flexibility index (Phi) is 4.63. The summed E-state index contributed by atoms with van der Waals surface area (Å²) in [7, 11) is 0. The molecule has 7 heteroatoms. The number of aromatic nitrogens is 3. The van der Waals surface area contributed by atoms with Crippen LogP contribution in [-0.4, -0.2) is 27.1 Å². The number of hydrogen-bond acceptors (Lipinski definition) is 4. The summed E-state index contributed by atoms with van der Waals surface area (Å²) < 4.78 is 6.86. The third kappa shape index (κ3) is 2.82. The molecule has 0 saturated heterocycles. The Labute approximate surface area is 149 Å². The molecule has 1 N–H and O–H groups in total. The van der Waals surface area contributed by atoms with Crippen molar-refractivity contribution in [3.63, 3.8) is 0 Å². The van der Waals surface area contributed by atoms with Gasteiger partial charge in [0.05, 0.1) is 29.0 Å². The first-order chi connectivity index (χ1) is 12.0. The van der Waals surface area contributed by atoms with E-state index in [1.807, 2.05) is 19.9 Å². The number of H-pyrrole nitrogens is 1. The van der Waals surface area contributed by atoms with Crippen LogP contribution in [0.2, 0.25) is 5.02 Å². The first-order valence-corrected chi connectivity index (χ1v) is 8.39. The first kappa shape index (κ1) is 17.2. The quantitative estimate of drug-likeness (QED) is 0.721. The Morgan fingerprint density at radius 3 is 2.72 bits per heavy atom. The van der Waals surface area contributed by atoms with Gasteiger partial charge in [-0.25, -0.2) is 9.78 Å². The van der Waals surface area contributed by atoms with E-state index in [1.165, 1.54) is 6.33 Å². The zero-order valence-corrected chi connectivity index (χ0v) is 14.9. The molecular formula is C18H18ClN3O3. The molecule has 0 amide bonds. The average Bonchev–Trinajstić information content (AvgIpc) is 2.92. The summed E-state index contributed by atoms with van der Waals surface area (Å²) in [5.41, 5.74) is 1.53. The Morgan fingerprint density at radius 1 is 1.36 bits per heavy atom. The van der Waals surface area contributed by atoms with Crippen molar-refractivity contribution in [3.8, 4) is 5.69 Å². The third-order valence-electron chi connectivity index (χ3n) is 3.93. The normalized spacial score (nSPS) is 11.2. The van der Waals surface area contributed by atoms with Crippen molar-refractivity contribution in [2.24, 2.45) is 0 Å². The molecule has 0 radical (unpaired) electrons. The highest BCUT2D eigenvalue weighted by Crippen LogP contribution is 2.34. The van der Waals surface area contributed by atoms with E-state index in [1.54, 1.807) is 29.7 Å². The maximum Gasteiger partial charge on any atom is 0.355 e. The zero-order chi connectivity index (χ0) is 18.1. The lowest BCUT2D eigenvalue weighted by molar-refractivity contribution is 0.0515. The molecule has 1 aromatic carbocycles. The van der Waals surface area contributed by atoms with Gasteiger partial charge in [-0.15, -0.1) is 0 Å². The summed E-state index contributed by atoms with van der Waals surface area (Å²) in [4.78, 5) is 32.1. The zero-order valence-electron chi connectivity index (χ0n) is 14.2. The van der Waals surface area contributed by atoms with Crippen LogP contribution < -0.4 is 5.56 Å². The van der Waals surface area contributed by atoms with E-state index in [9.17, 15) is 9.59 Å². The lowest BCUT2D eigenvalue weighted by atomic mass is 10.0. The Morgan fingerprint density at radius 2 is 2.08 bits per heavy atom. The molecule has 6 nitrogen and oxygen atoms in total. The summed E-state index contributed by atoms with van der Waals surface area (Å²) in [5.74, 6) is -0.598. The number of carbonyl (C=O) groups excluding carboxylic acids is 1. The SMILES string of the molecule is CCOC(=O)c1c(C(C)C)c2c(=O)[nH]cnc2n1-c1ccccc1Cl. The van der Waals surface area contributed by atoms with Gasteiger partial charge in [-0.1, -0.05) is 37.6 Å². The third-order valence-corrected chi connectivity index (χ3v) is 4.25. The molecule has 25 heavy (non-hydrogen) atoms. The summed E-state index contributed by atoms with van der Waals surface area (Å²) in [6.07, 6.45) is 1.32. The van der Waals surface area contributed by atoms with Gasteiger partial charge in [-0.3, -0.25) is 9.36 Å². The van der Waals surface area contributed by atoms with Crippen molar-refractivity contribution in [3.05, 3.63) is 57.2 Å². The number of halogens is 1. The van der Waals surface area contributed by atoms with Gasteiger partial charge < -0.3 is 9.72 Å². The predicted molar refractivity (Wildman–Crippen MR) is 96.7 cm³/mol. The van der Waals surface area contributed by atoms with Crippen LogP contribution in [0.4, 0.5) is 0 Å². The van der Waals surface area contributed by atoms with Crippen LogP contribution in [0.25, 0.3) is 16.7 Å². The van der Waals surface area contributed by atoms with E-state index in [2.05, 4.69) is 9.97 Å². The molecule has 0 aliphatic carbocycles. The second-order valence-electron chi connectivity index (χ2n) is 5.85. The van der Waals surface area contributed by atoms with Crippen molar-refractivity contribution >= 4 is 28.6 Å². The lowest BCUT2D eigenvalue weighted by Crippen LogP contribution is -2.14. The Hall–Kier alpha value is -2.60. The lowest BCUT2D eigenvalue weighted by Gasteiger charge is -2.13. The number of fused-ring (bicyclic) bond motifs is 1. The molecule has 0 saturated carbocycles. The maximum absolute atomic E-state index is 12.7. The number of benzene rings is 1. The van der Waals surface area contributed by atoms with Crippen molar-refractivity contribution in [2.45, 2.75) is 26.7 Å². The number of nitrogens with zero attached hydrogens (tertiary/aromatic N) is 2. The molecule has 0 fully saturated rings. The van der Waals surface area contributed by atoms with Gasteiger partial charge >= 0.3 is 5.97 Å². The van der Waals surface area contributed by atoms with Gasteiger partial charge in [0.15, 0.2) is 5.65 Å². The number of carbonyl (C=O) groups is 1.